The molecule has 0 bridgehead atoms. The first-order chi connectivity index (χ1) is 6.70. The highest BCUT2D eigenvalue weighted by Gasteiger charge is 2.00. The van der Waals surface area contributed by atoms with Crippen LogP contribution < -0.4 is 5.73 Å². The molecule has 78 valence electrons. The molecule has 14 heavy (non-hydrogen) atoms. The summed E-state index contributed by atoms with van der Waals surface area (Å²) in [6.45, 7) is 0. The standard InChI is InChI=1S/C8H15N5S/c1-13-8(11-6-12-13)14-5-3-2-4-7(9)10/h6H,2-5H2,1H3,(H3,9,10). The fraction of sp³-hybridized carbons (Fsp3) is 0.625. The monoisotopic (exact) mass is 213 g/mol. The maximum absolute atomic E-state index is 7.05. The normalized spacial score (nSPS) is 10.4. The predicted molar refractivity (Wildman–Crippen MR) is 57.5 cm³/mol. The minimum absolute atomic E-state index is 0.272. The highest BCUT2D eigenvalue weighted by Crippen LogP contribution is 2.15. The number of nitrogens with one attached hydrogen (secondary N) is 1. The lowest BCUT2D eigenvalue weighted by atomic mass is 10.2. The smallest absolute Gasteiger partial charge is 0.185 e. The number of hydrogen-bond donors (Lipinski definition) is 2. The number of amidine groups is 1. The molecule has 0 aliphatic heterocycles. The van der Waals surface area contributed by atoms with E-state index in [1.165, 1.54) is 0 Å². The SMILES string of the molecule is Cn1ncnc1SCCCCC(=N)N. The third-order valence-electron chi connectivity index (χ3n) is 1.74. The first-order valence-electron chi connectivity index (χ1n) is 4.50. The van der Waals surface area contributed by atoms with Crippen molar-refractivity contribution in [2.75, 3.05) is 5.75 Å². The summed E-state index contributed by atoms with van der Waals surface area (Å²) in [5, 5.41) is 12.0. The van der Waals surface area contributed by atoms with Gasteiger partial charge in [0.25, 0.3) is 0 Å². The van der Waals surface area contributed by atoms with E-state index in [4.69, 9.17) is 11.1 Å². The quantitative estimate of drug-likeness (QED) is 0.320. The molecule has 0 saturated carbocycles. The van der Waals surface area contributed by atoms with Crippen LogP contribution in [0.25, 0.3) is 0 Å². The van der Waals surface area contributed by atoms with Crippen LogP contribution in [0.2, 0.25) is 0 Å². The molecular formula is C8H15N5S. The Morgan fingerprint density at radius 3 is 3.00 bits per heavy atom. The van der Waals surface area contributed by atoms with E-state index >= 15 is 0 Å². The fourth-order valence-corrected chi connectivity index (χ4v) is 1.88. The van der Waals surface area contributed by atoms with Crippen LogP contribution in [0.15, 0.2) is 11.5 Å². The largest absolute Gasteiger partial charge is 0.388 e. The molecule has 1 rings (SSSR count). The maximum Gasteiger partial charge on any atom is 0.185 e. The van der Waals surface area contributed by atoms with Gasteiger partial charge in [-0.25, -0.2) is 9.67 Å². The van der Waals surface area contributed by atoms with E-state index in [9.17, 15) is 0 Å². The van der Waals surface area contributed by atoms with Crippen molar-refractivity contribution in [1.29, 1.82) is 5.41 Å². The van der Waals surface area contributed by atoms with Gasteiger partial charge < -0.3 is 5.73 Å². The van der Waals surface area contributed by atoms with Gasteiger partial charge in [0.15, 0.2) is 5.16 Å². The van der Waals surface area contributed by atoms with Gasteiger partial charge >= 0.3 is 0 Å². The van der Waals surface area contributed by atoms with Crippen molar-refractivity contribution in [2.45, 2.75) is 24.4 Å². The summed E-state index contributed by atoms with van der Waals surface area (Å²) in [6, 6.07) is 0. The molecule has 0 saturated heterocycles. The van der Waals surface area contributed by atoms with E-state index in [1.807, 2.05) is 7.05 Å². The Morgan fingerprint density at radius 1 is 1.64 bits per heavy atom. The number of thioether (sulfide) groups is 1. The molecule has 0 atom stereocenters. The maximum atomic E-state index is 7.05. The number of nitrogens with two attached hydrogens (primary N) is 1. The van der Waals surface area contributed by atoms with Gasteiger partial charge in [0, 0.05) is 19.2 Å². The molecule has 0 spiro atoms. The van der Waals surface area contributed by atoms with Gasteiger partial charge in [-0.2, -0.15) is 5.10 Å². The van der Waals surface area contributed by atoms with E-state index in [0.717, 1.165) is 23.8 Å². The summed E-state index contributed by atoms with van der Waals surface area (Å²) < 4.78 is 1.76. The molecule has 0 aliphatic rings. The second kappa shape index (κ2) is 5.64. The van der Waals surface area contributed by atoms with Gasteiger partial charge in [0.2, 0.25) is 0 Å². The van der Waals surface area contributed by atoms with Gasteiger partial charge in [-0.1, -0.05) is 11.8 Å². The molecule has 0 radical (unpaired) electrons. The fourth-order valence-electron chi connectivity index (χ4n) is 0.997. The Hall–Kier alpha value is -1.04. The van der Waals surface area contributed by atoms with Gasteiger partial charge in [0.05, 0.1) is 5.84 Å². The van der Waals surface area contributed by atoms with Crippen LogP contribution in [-0.2, 0) is 7.05 Å². The zero-order chi connectivity index (χ0) is 10.4. The van der Waals surface area contributed by atoms with Crippen LogP contribution in [0, 0.1) is 5.41 Å². The average Bonchev–Trinajstić information content (AvgIpc) is 2.51. The van der Waals surface area contributed by atoms with Crippen molar-refractivity contribution in [3.63, 3.8) is 0 Å². The average molecular weight is 213 g/mol. The van der Waals surface area contributed by atoms with E-state index in [1.54, 1.807) is 22.8 Å². The molecule has 0 unspecified atom stereocenters. The van der Waals surface area contributed by atoms with Crippen molar-refractivity contribution in [1.82, 2.24) is 14.8 Å². The third-order valence-corrected chi connectivity index (χ3v) is 2.86. The molecular weight excluding hydrogens is 198 g/mol. The highest BCUT2D eigenvalue weighted by molar-refractivity contribution is 7.99. The Bertz CT molecular complexity index is 296. The van der Waals surface area contributed by atoms with Gasteiger partial charge in [-0.05, 0) is 12.8 Å². The van der Waals surface area contributed by atoms with Crippen molar-refractivity contribution in [2.24, 2.45) is 12.8 Å². The number of aryl methyl sites for hydroxylation is 1. The summed E-state index contributed by atoms with van der Waals surface area (Å²) in [4.78, 5) is 4.10. The minimum atomic E-state index is 0.272. The number of aromatic nitrogens is 3. The van der Waals surface area contributed by atoms with Gasteiger partial charge in [0.1, 0.15) is 6.33 Å². The van der Waals surface area contributed by atoms with Crippen LogP contribution in [0.3, 0.4) is 0 Å². The minimum Gasteiger partial charge on any atom is -0.388 e. The molecule has 0 fully saturated rings. The summed E-state index contributed by atoms with van der Waals surface area (Å²) >= 11 is 1.68. The van der Waals surface area contributed by atoms with Crippen LogP contribution in [0.5, 0.6) is 0 Å². The Kier molecular flexibility index (Phi) is 4.45. The molecule has 6 heteroatoms. The van der Waals surface area contributed by atoms with Gasteiger partial charge in [-0.3, -0.25) is 5.41 Å². The van der Waals surface area contributed by atoms with E-state index < -0.39 is 0 Å². The summed E-state index contributed by atoms with van der Waals surface area (Å²) in [5.74, 6) is 1.27. The Balaban J connectivity index is 2.10. The van der Waals surface area contributed by atoms with Crippen molar-refractivity contribution in [3.8, 4) is 0 Å². The highest BCUT2D eigenvalue weighted by atomic mass is 32.2. The van der Waals surface area contributed by atoms with E-state index in [0.29, 0.717) is 6.42 Å². The topological polar surface area (TPSA) is 80.6 Å². The molecule has 0 aromatic carbocycles. The van der Waals surface area contributed by atoms with Crippen molar-refractivity contribution in [3.05, 3.63) is 6.33 Å². The first kappa shape index (κ1) is 11.0. The zero-order valence-corrected chi connectivity index (χ0v) is 9.05. The lowest BCUT2D eigenvalue weighted by Crippen LogP contribution is -2.08. The number of unbranched alkanes of at least 4 members (excludes halogenated alkanes) is 1. The van der Waals surface area contributed by atoms with E-state index in [-0.39, 0.29) is 5.84 Å². The van der Waals surface area contributed by atoms with Crippen LogP contribution in [-0.4, -0.2) is 26.4 Å². The van der Waals surface area contributed by atoms with Crippen LogP contribution >= 0.6 is 11.8 Å². The summed E-state index contributed by atoms with van der Waals surface area (Å²) in [6.07, 6.45) is 4.27. The summed E-state index contributed by atoms with van der Waals surface area (Å²) in [5.41, 5.74) is 5.24. The third kappa shape index (κ3) is 3.78. The molecule has 5 nitrogen and oxygen atoms in total. The second-order valence-electron chi connectivity index (χ2n) is 3.00. The zero-order valence-electron chi connectivity index (χ0n) is 8.23. The van der Waals surface area contributed by atoms with Crippen LogP contribution in [0.4, 0.5) is 0 Å². The number of rotatable bonds is 6. The Morgan fingerprint density at radius 2 is 2.43 bits per heavy atom. The molecule has 3 N–H and O–H groups in total. The van der Waals surface area contributed by atoms with Crippen LogP contribution in [0.1, 0.15) is 19.3 Å². The first-order valence-corrected chi connectivity index (χ1v) is 5.48. The number of nitrogens with zero attached hydrogens (tertiary/aromatic N) is 3. The molecule has 0 aliphatic carbocycles. The molecule has 0 amide bonds. The number of hydrogen-bond acceptors (Lipinski definition) is 4. The lowest BCUT2D eigenvalue weighted by Gasteiger charge is -2.00. The molecule has 1 aromatic heterocycles. The lowest BCUT2D eigenvalue weighted by molar-refractivity contribution is 0.684. The second-order valence-corrected chi connectivity index (χ2v) is 4.06. The Labute approximate surface area is 87.6 Å². The van der Waals surface area contributed by atoms with Crippen molar-refractivity contribution >= 4 is 17.6 Å². The van der Waals surface area contributed by atoms with Crippen molar-refractivity contribution < 1.29 is 0 Å². The molecule has 1 aromatic rings. The molecule has 1 heterocycles. The van der Waals surface area contributed by atoms with E-state index in [2.05, 4.69) is 10.1 Å². The predicted octanol–water partition coefficient (Wildman–Crippen LogP) is 1.01. The summed E-state index contributed by atoms with van der Waals surface area (Å²) in [7, 11) is 1.88. The van der Waals surface area contributed by atoms with Gasteiger partial charge in [-0.15, -0.1) is 0 Å².